The lowest BCUT2D eigenvalue weighted by molar-refractivity contribution is 0.0847. The van der Waals surface area contributed by atoms with Crippen LogP contribution in [0.3, 0.4) is 0 Å². The third-order valence-electron chi connectivity index (χ3n) is 4.92. The number of hydrogen-bond acceptors (Lipinski definition) is 6. The molecule has 0 spiro atoms. The number of anilines is 3. The summed E-state index contributed by atoms with van der Waals surface area (Å²) in [4.78, 5) is 9.19. The molecule has 1 aliphatic heterocycles. The summed E-state index contributed by atoms with van der Waals surface area (Å²) in [5, 5.41) is 6.76. The van der Waals surface area contributed by atoms with Gasteiger partial charge in [0.2, 0.25) is 5.95 Å². The van der Waals surface area contributed by atoms with Crippen molar-refractivity contribution in [1.82, 2.24) is 9.97 Å². The van der Waals surface area contributed by atoms with Gasteiger partial charge >= 0.3 is 0 Å². The highest BCUT2D eigenvalue weighted by molar-refractivity contribution is 5.85. The minimum Gasteiger partial charge on any atom is -0.488 e. The van der Waals surface area contributed by atoms with Crippen molar-refractivity contribution in [2.45, 2.75) is 51.2 Å². The van der Waals surface area contributed by atoms with Crippen LogP contribution >= 0.6 is 0 Å². The fourth-order valence-corrected chi connectivity index (χ4v) is 3.30. The summed E-state index contributed by atoms with van der Waals surface area (Å²) in [7, 11) is 0. The van der Waals surface area contributed by atoms with Gasteiger partial charge in [-0.15, -0.1) is 0 Å². The number of fused-ring (bicyclic) bond motifs is 2. The zero-order valence-electron chi connectivity index (χ0n) is 15.0. The van der Waals surface area contributed by atoms with Gasteiger partial charge in [0.05, 0.1) is 6.26 Å². The Bertz CT molecular complexity index is 975. The van der Waals surface area contributed by atoms with Crippen LogP contribution in [0.5, 0.6) is 5.75 Å². The minimum absolute atomic E-state index is 0.0965. The first-order valence-electron chi connectivity index (χ1n) is 9.16. The van der Waals surface area contributed by atoms with Gasteiger partial charge in [0, 0.05) is 17.8 Å². The van der Waals surface area contributed by atoms with Gasteiger partial charge in [-0.1, -0.05) is 0 Å². The maximum Gasteiger partial charge on any atom is 0.229 e. The first-order valence-corrected chi connectivity index (χ1v) is 9.16. The molecule has 0 atom stereocenters. The molecule has 6 nitrogen and oxygen atoms in total. The quantitative estimate of drug-likeness (QED) is 0.714. The molecule has 6 heteroatoms. The van der Waals surface area contributed by atoms with E-state index in [1.165, 1.54) is 18.4 Å². The monoisotopic (exact) mass is 350 g/mol. The predicted molar refractivity (Wildman–Crippen MR) is 101 cm³/mol. The van der Waals surface area contributed by atoms with Gasteiger partial charge in [-0.3, -0.25) is 0 Å². The second-order valence-corrected chi connectivity index (χ2v) is 7.76. The lowest BCUT2D eigenvalue weighted by Crippen LogP contribution is -2.32. The van der Waals surface area contributed by atoms with Crippen LogP contribution in [-0.2, 0) is 6.42 Å². The second-order valence-electron chi connectivity index (χ2n) is 7.76. The molecule has 2 aliphatic rings. The number of rotatable bonds is 4. The van der Waals surface area contributed by atoms with Crippen LogP contribution in [0.25, 0.3) is 11.1 Å². The first kappa shape index (κ1) is 15.5. The molecule has 3 heterocycles. The fourth-order valence-electron chi connectivity index (χ4n) is 3.30. The van der Waals surface area contributed by atoms with Crippen LogP contribution in [0.1, 0.15) is 38.7 Å². The van der Waals surface area contributed by atoms with Gasteiger partial charge < -0.3 is 19.8 Å². The Labute approximate surface area is 152 Å². The Balaban J connectivity index is 1.44. The third kappa shape index (κ3) is 2.96. The number of ether oxygens (including phenoxy) is 1. The van der Waals surface area contributed by atoms with Gasteiger partial charge in [-0.25, -0.2) is 4.98 Å². The van der Waals surface area contributed by atoms with E-state index in [1.807, 2.05) is 18.2 Å². The number of aryl methyl sites for hydroxylation is 1. The zero-order chi connectivity index (χ0) is 17.7. The minimum atomic E-state index is -0.0965. The topological polar surface area (TPSA) is 72.2 Å². The van der Waals surface area contributed by atoms with Gasteiger partial charge in [-0.05, 0) is 63.3 Å². The van der Waals surface area contributed by atoms with E-state index in [2.05, 4.69) is 40.5 Å². The van der Waals surface area contributed by atoms with Gasteiger partial charge in [0.1, 0.15) is 16.9 Å². The molecule has 0 radical (unpaired) electrons. The maximum absolute atomic E-state index is 6.06. The number of nitrogens with zero attached hydrogens (tertiary/aromatic N) is 2. The predicted octanol–water partition coefficient (Wildman–Crippen LogP) is 4.64. The summed E-state index contributed by atoms with van der Waals surface area (Å²) >= 11 is 0. The van der Waals surface area contributed by atoms with Gasteiger partial charge in [0.25, 0.3) is 0 Å². The molecule has 134 valence electrons. The molecule has 1 saturated carbocycles. The zero-order valence-corrected chi connectivity index (χ0v) is 15.0. The van der Waals surface area contributed by atoms with Crippen LogP contribution in [-0.4, -0.2) is 21.6 Å². The second kappa shape index (κ2) is 5.62. The van der Waals surface area contributed by atoms with Crippen molar-refractivity contribution >= 4 is 28.6 Å². The number of aromatic nitrogens is 2. The molecular weight excluding hydrogens is 328 g/mol. The smallest absolute Gasteiger partial charge is 0.229 e. The van der Waals surface area contributed by atoms with E-state index in [0.717, 1.165) is 35.6 Å². The lowest BCUT2D eigenvalue weighted by atomic mass is 9.94. The summed E-state index contributed by atoms with van der Waals surface area (Å²) in [6.07, 6.45) is 6.02. The van der Waals surface area contributed by atoms with Crippen molar-refractivity contribution in [2.24, 2.45) is 0 Å². The van der Waals surface area contributed by atoms with Crippen LogP contribution in [0.4, 0.5) is 17.5 Å². The molecule has 0 saturated heterocycles. The molecule has 0 bridgehead atoms. The fraction of sp³-hybridized carbons (Fsp3) is 0.400. The Kier molecular flexibility index (Phi) is 3.35. The summed E-state index contributed by atoms with van der Waals surface area (Å²) in [5.41, 5.74) is 3.60. The average molecular weight is 350 g/mol. The summed E-state index contributed by atoms with van der Waals surface area (Å²) < 4.78 is 11.6. The molecule has 2 N–H and O–H groups in total. The van der Waals surface area contributed by atoms with Crippen molar-refractivity contribution in [3.05, 3.63) is 36.1 Å². The molecule has 0 unspecified atom stereocenters. The highest BCUT2D eigenvalue weighted by Crippen LogP contribution is 2.35. The average Bonchev–Trinajstić information content (AvgIpc) is 3.28. The van der Waals surface area contributed by atoms with Crippen molar-refractivity contribution in [3.8, 4) is 5.75 Å². The van der Waals surface area contributed by atoms with E-state index in [9.17, 15) is 0 Å². The maximum atomic E-state index is 6.06. The summed E-state index contributed by atoms with van der Waals surface area (Å²) in [5.74, 6) is 2.29. The molecule has 26 heavy (non-hydrogen) atoms. The van der Waals surface area contributed by atoms with E-state index in [0.29, 0.717) is 17.6 Å². The van der Waals surface area contributed by atoms with Crippen molar-refractivity contribution < 1.29 is 9.15 Å². The Hall–Kier alpha value is -2.76. The first-order chi connectivity index (χ1) is 12.6. The molecule has 1 aromatic carbocycles. The lowest BCUT2D eigenvalue weighted by Gasteiger charge is -2.32. The number of benzene rings is 1. The highest BCUT2D eigenvalue weighted by atomic mass is 16.5. The largest absolute Gasteiger partial charge is 0.488 e. The Morgan fingerprint density at radius 2 is 2.04 bits per heavy atom. The number of nitrogens with one attached hydrogen (secondary N) is 2. The normalized spacial score (nSPS) is 18.2. The standard InChI is InChI=1S/C20H22N4O2/c1-20(2)9-7-12-11-14(5-6-16(12)26-20)22-19-23-15-8-10-25-17(15)18(24-19)21-13-3-4-13/h5-6,8,10-11,13H,3-4,7,9H2,1-2H3,(H2,21,22,23,24). The Morgan fingerprint density at radius 3 is 2.88 bits per heavy atom. The summed E-state index contributed by atoms with van der Waals surface area (Å²) in [6.45, 7) is 4.26. The molecule has 2 aromatic heterocycles. The molecular formula is C20H22N4O2. The van der Waals surface area contributed by atoms with Crippen molar-refractivity contribution in [1.29, 1.82) is 0 Å². The van der Waals surface area contributed by atoms with E-state index < -0.39 is 0 Å². The SMILES string of the molecule is CC1(C)CCc2cc(Nc3nc(NC4CC4)c4occc4n3)ccc2O1. The van der Waals surface area contributed by atoms with Crippen LogP contribution in [0.2, 0.25) is 0 Å². The highest BCUT2D eigenvalue weighted by Gasteiger charge is 2.27. The van der Waals surface area contributed by atoms with Crippen molar-refractivity contribution in [2.75, 3.05) is 10.6 Å². The van der Waals surface area contributed by atoms with E-state index in [4.69, 9.17) is 9.15 Å². The molecule has 5 rings (SSSR count). The number of hydrogen-bond donors (Lipinski definition) is 2. The van der Waals surface area contributed by atoms with Crippen LogP contribution in [0, 0.1) is 0 Å². The van der Waals surface area contributed by atoms with Gasteiger partial charge in [0.15, 0.2) is 11.4 Å². The Morgan fingerprint density at radius 1 is 1.15 bits per heavy atom. The van der Waals surface area contributed by atoms with Crippen molar-refractivity contribution in [3.63, 3.8) is 0 Å². The van der Waals surface area contributed by atoms with E-state index in [1.54, 1.807) is 6.26 Å². The molecule has 0 amide bonds. The van der Waals surface area contributed by atoms with E-state index in [-0.39, 0.29) is 5.60 Å². The van der Waals surface area contributed by atoms with E-state index >= 15 is 0 Å². The molecule has 1 aliphatic carbocycles. The van der Waals surface area contributed by atoms with Crippen LogP contribution < -0.4 is 15.4 Å². The molecule has 1 fully saturated rings. The third-order valence-corrected chi connectivity index (χ3v) is 4.92. The van der Waals surface area contributed by atoms with Crippen LogP contribution in [0.15, 0.2) is 34.9 Å². The molecule has 3 aromatic rings. The number of furan rings is 1. The van der Waals surface area contributed by atoms with Gasteiger partial charge in [-0.2, -0.15) is 4.98 Å². The summed E-state index contributed by atoms with van der Waals surface area (Å²) in [6, 6.07) is 8.52.